The molecule has 0 aliphatic carbocycles. The van der Waals surface area contributed by atoms with Crippen molar-refractivity contribution in [2.75, 3.05) is 0 Å². The molecule has 0 aliphatic heterocycles. The van der Waals surface area contributed by atoms with Gasteiger partial charge in [0.15, 0.2) is 0 Å². The second-order valence-electron chi connectivity index (χ2n) is 4.83. The molecular weight excluding hydrogens is 262 g/mol. The lowest BCUT2D eigenvalue weighted by Crippen LogP contribution is -2.08. The van der Waals surface area contributed by atoms with E-state index in [1.165, 1.54) is 5.56 Å². The van der Waals surface area contributed by atoms with Gasteiger partial charge in [-0.2, -0.15) is 5.26 Å². The van der Waals surface area contributed by atoms with Crippen LogP contribution in [0.4, 0.5) is 0 Å². The van der Waals surface area contributed by atoms with Crippen LogP contribution >= 0.6 is 0 Å². The van der Waals surface area contributed by atoms with Crippen molar-refractivity contribution in [1.82, 2.24) is 0 Å². The minimum Gasteiger partial charge on any atom is -0.423 e. The average molecular weight is 279 g/mol. The van der Waals surface area contributed by atoms with Gasteiger partial charge >= 0.3 is 5.97 Å². The lowest BCUT2D eigenvalue weighted by Gasteiger charge is -2.05. The van der Waals surface area contributed by atoms with Crippen molar-refractivity contribution >= 4 is 5.97 Å². The summed E-state index contributed by atoms with van der Waals surface area (Å²) in [5, 5.41) is 8.72. The lowest BCUT2D eigenvalue weighted by atomic mass is 10.1. The van der Waals surface area contributed by atoms with Gasteiger partial charge in [0, 0.05) is 0 Å². The number of unbranched alkanes of at least 4 members (excludes halogenated alkanes) is 1. The third-order valence-electron chi connectivity index (χ3n) is 3.20. The van der Waals surface area contributed by atoms with Crippen molar-refractivity contribution in [3.05, 3.63) is 65.2 Å². The summed E-state index contributed by atoms with van der Waals surface area (Å²) >= 11 is 0. The quantitative estimate of drug-likeness (QED) is 0.611. The number of carbonyl (C=O) groups is 1. The summed E-state index contributed by atoms with van der Waals surface area (Å²) in [6.45, 7) is 2.16. The van der Waals surface area contributed by atoms with Crippen molar-refractivity contribution in [3.8, 4) is 11.8 Å². The molecule has 0 unspecified atom stereocenters. The van der Waals surface area contributed by atoms with Gasteiger partial charge in [-0.15, -0.1) is 0 Å². The smallest absolute Gasteiger partial charge is 0.343 e. The Balaban J connectivity index is 2.00. The number of carbonyl (C=O) groups excluding carboxylic acids is 1. The highest BCUT2D eigenvalue weighted by Gasteiger charge is 2.08. The second kappa shape index (κ2) is 7.25. The number of nitriles is 1. The minimum atomic E-state index is -0.387. The molecule has 0 atom stereocenters. The summed E-state index contributed by atoms with van der Waals surface area (Å²) in [6, 6.07) is 16.0. The summed E-state index contributed by atoms with van der Waals surface area (Å²) in [7, 11) is 0. The molecule has 2 aromatic carbocycles. The van der Waals surface area contributed by atoms with E-state index >= 15 is 0 Å². The van der Waals surface area contributed by atoms with Crippen LogP contribution in [0.15, 0.2) is 48.5 Å². The molecule has 0 aliphatic rings. The van der Waals surface area contributed by atoms with E-state index in [2.05, 4.69) is 6.92 Å². The Labute approximate surface area is 124 Å². The van der Waals surface area contributed by atoms with E-state index < -0.39 is 0 Å². The maximum absolute atomic E-state index is 12.0. The van der Waals surface area contributed by atoms with Gasteiger partial charge < -0.3 is 4.74 Å². The summed E-state index contributed by atoms with van der Waals surface area (Å²) in [5.41, 5.74) is 2.29. The highest BCUT2D eigenvalue weighted by molar-refractivity contribution is 5.91. The Hall–Kier alpha value is -2.60. The number of esters is 1. The van der Waals surface area contributed by atoms with Crippen molar-refractivity contribution in [2.24, 2.45) is 0 Å². The Kier molecular flexibility index (Phi) is 5.11. The Morgan fingerprint density at radius 3 is 2.33 bits per heavy atom. The van der Waals surface area contributed by atoms with Gasteiger partial charge in [0.05, 0.1) is 17.2 Å². The van der Waals surface area contributed by atoms with Gasteiger partial charge in [0.2, 0.25) is 0 Å². The summed E-state index contributed by atoms with van der Waals surface area (Å²) in [5.74, 6) is 0.0517. The van der Waals surface area contributed by atoms with Gasteiger partial charge in [-0.1, -0.05) is 25.5 Å². The molecule has 0 bridgehead atoms. The number of rotatable bonds is 5. The largest absolute Gasteiger partial charge is 0.423 e. The Morgan fingerprint density at radius 2 is 1.76 bits per heavy atom. The molecule has 2 aromatic rings. The normalized spacial score (nSPS) is 9.90. The molecule has 0 saturated carbocycles. The van der Waals surface area contributed by atoms with Crippen LogP contribution in [0.5, 0.6) is 5.75 Å². The number of aryl methyl sites for hydroxylation is 1. The van der Waals surface area contributed by atoms with Crippen LogP contribution in [-0.4, -0.2) is 5.97 Å². The first-order valence-electron chi connectivity index (χ1n) is 7.04. The third kappa shape index (κ3) is 4.19. The van der Waals surface area contributed by atoms with E-state index in [0.717, 1.165) is 19.3 Å². The molecule has 106 valence electrons. The van der Waals surface area contributed by atoms with Crippen LogP contribution in [-0.2, 0) is 6.42 Å². The topological polar surface area (TPSA) is 50.1 Å². The predicted molar refractivity (Wildman–Crippen MR) is 81.2 cm³/mol. The van der Waals surface area contributed by atoms with E-state index in [1.807, 2.05) is 18.2 Å². The van der Waals surface area contributed by atoms with Gasteiger partial charge in [-0.3, -0.25) is 0 Å². The molecule has 3 heteroatoms. The van der Waals surface area contributed by atoms with Crippen LogP contribution < -0.4 is 4.74 Å². The van der Waals surface area contributed by atoms with Crippen LogP contribution in [0.1, 0.15) is 41.3 Å². The van der Waals surface area contributed by atoms with Crippen LogP contribution in [0.2, 0.25) is 0 Å². The first kappa shape index (κ1) is 14.8. The number of hydrogen-bond donors (Lipinski definition) is 0. The zero-order valence-corrected chi connectivity index (χ0v) is 12.0. The molecule has 0 fully saturated rings. The zero-order valence-electron chi connectivity index (χ0n) is 12.0. The highest BCUT2D eigenvalue weighted by atomic mass is 16.5. The second-order valence-corrected chi connectivity index (χ2v) is 4.83. The van der Waals surface area contributed by atoms with E-state index in [1.54, 1.807) is 36.4 Å². The van der Waals surface area contributed by atoms with Gasteiger partial charge in [-0.25, -0.2) is 4.79 Å². The van der Waals surface area contributed by atoms with Crippen molar-refractivity contribution in [1.29, 1.82) is 5.26 Å². The summed E-state index contributed by atoms with van der Waals surface area (Å²) < 4.78 is 5.27. The zero-order chi connectivity index (χ0) is 15.1. The molecule has 0 heterocycles. The molecule has 2 rings (SSSR count). The fourth-order valence-electron chi connectivity index (χ4n) is 1.95. The Morgan fingerprint density at radius 1 is 1.10 bits per heavy atom. The van der Waals surface area contributed by atoms with Gasteiger partial charge in [0.25, 0.3) is 0 Å². The molecule has 0 amide bonds. The molecule has 0 radical (unpaired) electrons. The van der Waals surface area contributed by atoms with Gasteiger partial charge in [0.1, 0.15) is 5.75 Å². The third-order valence-corrected chi connectivity index (χ3v) is 3.20. The number of nitrogens with zero attached hydrogens (tertiary/aromatic N) is 1. The van der Waals surface area contributed by atoms with Gasteiger partial charge in [-0.05, 0) is 54.8 Å². The Bertz CT molecular complexity index is 636. The fourth-order valence-corrected chi connectivity index (χ4v) is 1.95. The summed E-state index contributed by atoms with van der Waals surface area (Å²) in [4.78, 5) is 12.0. The SMILES string of the molecule is CCCCc1ccc(C(=O)Oc2ccc(C#N)cc2)cc1. The number of ether oxygens (including phenoxy) is 1. The van der Waals surface area contributed by atoms with E-state index in [4.69, 9.17) is 10.00 Å². The lowest BCUT2D eigenvalue weighted by molar-refractivity contribution is 0.0735. The standard InChI is InChI=1S/C18H17NO2/c1-2-3-4-14-5-9-16(10-6-14)18(20)21-17-11-7-15(13-19)8-12-17/h5-12H,2-4H2,1H3. The van der Waals surface area contributed by atoms with Crippen molar-refractivity contribution in [3.63, 3.8) is 0 Å². The van der Waals surface area contributed by atoms with Crippen LogP contribution in [0, 0.1) is 11.3 Å². The maximum atomic E-state index is 12.0. The molecule has 0 aromatic heterocycles. The fraction of sp³-hybridized carbons (Fsp3) is 0.222. The van der Waals surface area contributed by atoms with E-state index in [0.29, 0.717) is 16.9 Å². The maximum Gasteiger partial charge on any atom is 0.343 e. The minimum absolute atomic E-state index is 0.387. The molecular formula is C18H17NO2. The molecule has 0 saturated heterocycles. The predicted octanol–water partition coefficient (Wildman–Crippen LogP) is 4.12. The van der Waals surface area contributed by atoms with Crippen molar-refractivity contribution < 1.29 is 9.53 Å². The highest BCUT2D eigenvalue weighted by Crippen LogP contribution is 2.15. The number of benzene rings is 2. The monoisotopic (exact) mass is 279 g/mol. The van der Waals surface area contributed by atoms with Crippen LogP contribution in [0.25, 0.3) is 0 Å². The van der Waals surface area contributed by atoms with Crippen molar-refractivity contribution in [2.45, 2.75) is 26.2 Å². The van der Waals surface area contributed by atoms with E-state index in [9.17, 15) is 4.79 Å². The molecule has 0 N–H and O–H groups in total. The average Bonchev–Trinajstić information content (AvgIpc) is 2.54. The summed E-state index contributed by atoms with van der Waals surface area (Å²) in [6.07, 6.45) is 3.33. The molecule has 3 nitrogen and oxygen atoms in total. The first-order valence-corrected chi connectivity index (χ1v) is 7.04. The first-order chi connectivity index (χ1) is 10.2. The molecule has 21 heavy (non-hydrogen) atoms. The van der Waals surface area contributed by atoms with Crippen LogP contribution in [0.3, 0.4) is 0 Å². The van der Waals surface area contributed by atoms with E-state index in [-0.39, 0.29) is 5.97 Å². The molecule has 0 spiro atoms. The number of hydrogen-bond acceptors (Lipinski definition) is 3.